The number of hydrogen-bond acceptors (Lipinski definition) is 4. The molecule has 0 bridgehead atoms. The van der Waals surface area contributed by atoms with Gasteiger partial charge in [0.25, 0.3) is 5.91 Å². The van der Waals surface area contributed by atoms with Gasteiger partial charge in [0.05, 0.1) is 18.4 Å². The van der Waals surface area contributed by atoms with Crippen molar-refractivity contribution in [2.75, 3.05) is 5.32 Å². The maximum absolute atomic E-state index is 13.2. The molecular formula is C21H21FN2O4. The molecule has 2 heterocycles. The number of nitrogens with one attached hydrogen (secondary N) is 1. The van der Waals surface area contributed by atoms with E-state index in [9.17, 15) is 14.0 Å². The van der Waals surface area contributed by atoms with Crippen LogP contribution in [0.1, 0.15) is 34.4 Å². The van der Waals surface area contributed by atoms with E-state index in [1.807, 2.05) is 24.5 Å². The summed E-state index contributed by atoms with van der Waals surface area (Å²) < 4.78 is 25.8. The highest BCUT2D eigenvalue weighted by Crippen LogP contribution is 2.19. The summed E-state index contributed by atoms with van der Waals surface area (Å²) in [6.07, 6.45) is 0.557. The molecule has 146 valence electrons. The van der Waals surface area contributed by atoms with Crippen LogP contribution in [-0.2, 0) is 16.1 Å². The number of carbonyl (C=O) groups is 2. The van der Waals surface area contributed by atoms with Crippen molar-refractivity contribution in [3.8, 4) is 0 Å². The summed E-state index contributed by atoms with van der Waals surface area (Å²) in [5.74, 6) is -0.833. The van der Waals surface area contributed by atoms with Crippen LogP contribution in [0.5, 0.6) is 0 Å². The second-order valence-electron chi connectivity index (χ2n) is 6.50. The molecule has 28 heavy (non-hydrogen) atoms. The summed E-state index contributed by atoms with van der Waals surface area (Å²) in [6.45, 7) is 5.65. The van der Waals surface area contributed by atoms with Gasteiger partial charge in [0.15, 0.2) is 6.10 Å². The first-order valence-corrected chi connectivity index (χ1v) is 8.81. The Kier molecular flexibility index (Phi) is 5.63. The van der Waals surface area contributed by atoms with Crippen molar-refractivity contribution in [1.29, 1.82) is 0 Å². The lowest BCUT2D eigenvalue weighted by molar-refractivity contribution is -0.123. The van der Waals surface area contributed by atoms with Crippen LogP contribution in [0.3, 0.4) is 0 Å². The predicted molar refractivity (Wildman–Crippen MR) is 102 cm³/mol. The van der Waals surface area contributed by atoms with E-state index in [1.165, 1.54) is 25.1 Å². The van der Waals surface area contributed by atoms with Gasteiger partial charge < -0.3 is 19.0 Å². The zero-order valence-corrected chi connectivity index (χ0v) is 15.9. The normalized spacial score (nSPS) is 11.9. The Bertz CT molecular complexity index is 992. The van der Waals surface area contributed by atoms with Crippen LogP contribution in [0, 0.1) is 19.7 Å². The molecule has 0 aliphatic carbocycles. The summed E-state index contributed by atoms with van der Waals surface area (Å²) in [4.78, 5) is 24.8. The quantitative estimate of drug-likeness (QED) is 0.650. The number of carbonyl (C=O) groups excluding carboxylic acids is 2. The highest BCUT2D eigenvalue weighted by molar-refractivity contribution is 5.97. The van der Waals surface area contributed by atoms with E-state index < -0.39 is 23.8 Å². The number of rotatable bonds is 6. The third-order valence-electron chi connectivity index (χ3n) is 4.43. The van der Waals surface area contributed by atoms with Gasteiger partial charge in [0, 0.05) is 17.1 Å². The van der Waals surface area contributed by atoms with Gasteiger partial charge in [0.1, 0.15) is 11.6 Å². The molecule has 0 aliphatic rings. The van der Waals surface area contributed by atoms with E-state index in [2.05, 4.69) is 5.32 Å². The average molecular weight is 384 g/mol. The monoisotopic (exact) mass is 384 g/mol. The lowest BCUT2D eigenvalue weighted by Crippen LogP contribution is -2.30. The fraction of sp³-hybridized carbons (Fsp3) is 0.238. The second kappa shape index (κ2) is 8.12. The summed E-state index contributed by atoms with van der Waals surface area (Å²) in [5, 5.41) is 2.53. The number of ether oxygens (including phenoxy) is 1. The van der Waals surface area contributed by atoms with Crippen molar-refractivity contribution in [3.05, 3.63) is 77.3 Å². The molecule has 3 aromatic rings. The Labute approximate surface area is 161 Å². The lowest BCUT2D eigenvalue weighted by Gasteiger charge is -2.14. The third kappa shape index (κ3) is 4.31. The van der Waals surface area contributed by atoms with Gasteiger partial charge in [-0.2, -0.15) is 0 Å². The molecule has 0 spiro atoms. The lowest BCUT2D eigenvalue weighted by atomic mass is 10.2. The number of amides is 1. The molecule has 0 aliphatic heterocycles. The van der Waals surface area contributed by atoms with Gasteiger partial charge >= 0.3 is 5.97 Å². The molecule has 0 radical (unpaired) electrons. The summed E-state index contributed by atoms with van der Waals surface area (Å²) in [6, 6.07) is 10.9. The first-order valence-electron chi connectivity index (χ1n) is 8.81. The summed E-state index contributed by atoms with van der Waals surface area (Å²) >= 11 is 0. The summed E-state index contributed by atoms with van der Waals surface area (Å²) in [7, 11) is 0. The molecule has 1 aromatic carbocycles. The fourth-order valence-electron chi connectivity index (χ4n) is 2.90. The molecule has 2 aromatic heterocycles. The fourth-order valence-corrected chi connectivity index (χ4v) is 2.90. The van der Waals surface area contributed by atoms with Gasteiger partial charge in [-0.25, -0.2) is 9.18 Å². The molecule has 0 saturated heterocycles. The minimum absolute atomic E-state index is 0.296. The van der Waals surface area contributed by atoms with Crippen LogP contribution in [-0.4, -0.2) is 22.5 Å². The number of nitrogens with zero attached hydrogens (tertiary/aromatic N) is 1. The molecule has 1 unspecified atom stereocenters. The van der Waals surface area contributed by atoms with Crippen molar-refractivity contribution in [3.63, 3.8) is 0 Å². The van der Waals surface area contributed by atoms with Gasteiger partial charge in [-0.3, -0.25) is 4.79 Å². The van der Waals surface area contributed by atoms with Crippen molar-refractivity contribution in [2.45, 2.75) is 33.4 Å². The Morgan fingerprint density at radius 3 is 2.68 bits per heavy atom. The standard InChI is InChI=1S/C21H21FN2O4/c1-13-10-19(14(2)24(13)12-18-8-5-9-27-18)21(26)28-15(3)20(25)23-17-7-4-6-16(22)11-17/h4-11,15H,12H2,1-3H3,(H,23,25). The van der Waals surface area contributed by atoms with Crippen LogP contribution in [0.2, 0.25) is 0 Å². The van der Waals surface area contributed by atoms with Crippen molar-refractivity contribution in [2.24, 2.45) is 0 Å². The Morgan fingerprint density at radius 1 is 1.21 bits per heavy atom. The van der Waals surface area contributed by atoms with Crippen molar-refractivity contribution in [1.82, 2.24) is 4.57 Å². The Morgan fingerprint density at radius 2 is 2.00 bits per heavy atom. The molecule has 1 N–H and O–H groups in total. The first kappa shape index (κ1) is 19.4. The van der Waals surface area contributed by atoms with Gasteiger partial charge in [-0.15, -0.1) is 0 Å². The number of esters is 1. The molecule has 1 amide bonds. The maximum Gasteiger partial charge on any atom is 0.340 e. The van der Waals surface area contributed by atoms with Crippen molar-refractivity contribution >= 4 is 17.6 Å². The molecule has 0 saturated carbocycles. The smallest absolute Gasteiger partial charge is 0.340 e. The minimum atomic E-state index is -1.04. The number of benzene rings is 1. The van der Waals surface area contributed by atoms with E-state index in [0.717, 1.165) is 17.1 Å². The van der Waals surface area contributed by atoms with Gasteiger partial charge in [0.2, 0.25) is 0 Å². The Hall–Kier alpha value is -3.35. The number of aromatic nitrogens is 1. The number of hydrogen-bond donors (Lipinski definition) is 1. The number of aryl methyl sites for hydroxylation is 1. The minimum Gasteiger partial charge on any atom is -0.467 e. The van der Waals surface area contributed by atoms with E-state index >= 15 is 0 Å². The molecule has 1 atom stereocenters. The number of furan rings is 1. The highest BCUT2D eigenvalue weighted by Gasteiger charge is 2.23. The molecule has 7 heteroatoms. The van der Waals surface area contributed by atoms with Gasteiger partial charge in [-0.1, -0.05) is 6.07 Å². The van der Waals surface area contributed by atoms with Crippen molar-refractivity contribution < 1.29 is 23.1 Å². The first-order chi connectivity index (χ1) is 13.3. The second-order valence-corrected chi connectivity index (χ2v) is 6.50. The van der Waals surface area contributed by atoms with E-state index in [1.54, 1.807) is 24.5 Å². The van der Waals surface area contributed by atoms with Crippen LogP contribution < -0.4 is 5.32 Å². The number of anilines is 1. The molecule has 0 fully saturated rings. The topological polar surface area (TPSA) is 73.5 Å². The number of halogens is 1. The van der Waals surface area contributed by atoms with E-state index in [0.29, 0.717) is 17.8 Å². The van der Waals surface area contributed by atoms with Crippen LogP contribution in [0.25, 0.3) is 0 Å². The third-order valence-corrected chi connectivity index (χ3v) is 4.43. The zero-order valence-electron chi connectivity index (χ0n) is 15.9. The van der Waals surface area contributed by atoms with Crippen LogP contribution >= 0.6 is 0 Å². The predicted octanol–water partition coefficient (Wildman–Crippen LogP) is 4.07. The summed E-state index contributed by atoms with van der Waals surface area (Å²) in [5.41, 5.74) is 2.27. The Balaban J connectivity index is 1.67. The van der Waals surface area contributed by atoms with E-state index in [4.69, 9.17) is 9.15 Å². The largest absolute Gasteiger partial charge is 0.467 e. The van der Waals surface area contributed by atoms with E-state index in [-0.39, 0.29) is 0 Å². The SMILES string of the molecule is Cc1cc(C(=O)OC(C)C(=O)Nc2cccc(F)c2)c(C)n1Cc1ccco1. The highest BCUT2D eigenvalue weighted by atomic mass is 19.1. The average Bonchev–Trinajstić information content (AvgIpc) is 3.25. The zero-order chi connectivity index (χ0) is 20.3. The van der Waals surface area contributed by atoms with Crippen LogP contribution in [0.4, 0.5) is 10.1 Å². The molecule has 3 rings (SSSR count). The van der Waals surface area contributed by atoms with Crippen LogP contribution in [0.15, 0.2) is 53.1 Å². The molecular weight excluding hydrogens is 363 g/mol. The van der Waals surface area contributed by atoms with Gasteiger partial charge in [-0.05, 0) is 57.2 Å². The maximum atomic E-state index is 13.2. The molecule has 6 nitrogen and oxygen atoms in total.